The molecule has 0 aromatic heterocycles. The average Bonchev–Trinajstić information content (AvgIpc) is 3.34. The predicted molar refractivity (Wildman–Crippen MR) is 89.4 cm³/mol. The molecule has 1 amide bonds. The van der Waals surface area contributed by atoms with E-state index in [1.807, 2.05) is 48.5 Å². The van der Waals surface area contributed by atoms with Crippen molar-refractivity contribution in [2.24, 2.45) is 5.92 Å². The number of rotatable bonds is 5. The molecule has 0 saturated heterocycles. The average molecular weight is 360 g/mol. The minimum atomic E-state index is -0.339. The van der Waals surface area contributed by atoms with Crippen molar-refractivity contribution in [3.63, 3.8) is 0 Å². The Morgan fingerprint density at radius 3 is 2.55 bits per heavy atom. The molecule has 1 unspecified atom stereocenters. The Hall–Kier alpha value is -1.65. The number of hydrogen-bond acceptors (Lipinski definition) is 2. The van der Waals surface area contributed by atoms with Gasteiger partial charge in [-0.3, -0.25) is 4.79 Å². The summed E-state index contributed by atoms with van der Waals surface area (Å²) in [5, 5.41) is 12.5. The number of aliphatic hydroxyl groups is 1. The molecule has 2 aromatic carbocycles. The smallest absolute Gasteiger partial charge is 0.224 e. The van der Waals surface area contributed by atoms with Crippen LogP contribution in [0.2, 0.25) is 0 Å². The first-order valence-electron chi connectivity index (χ1n) is 7.41. The van der Waals surface area contributed by atoms with E-state index < -0.39 is 0 Å². The van der Waals surface area contributed by atoms with E-state index in [-0.39, 0.29) is 30.4 Å². The van der Waals surface area contributed by atoms with Crippen molar-refractivity contribution in [2.45, 2.75) is 18.4 Å². The molecule has 2 aromatic rings. The Bertz CT molecular complexity index is 659. The number of hydrogen-bond donors (Lipinski definition) is 2. The van der Waals surface area contributed by atoms with E-state index in [2.05, 4.69) is 27.3 Å². The van der Waals surface area contributed by atoms with E-state index in [0.29, 0.717) is 0 Å². The molecule has 1 fully saturated rings. The first-order valence-corrected chi connectivity index (χ1v) is 8.20. The maximum Gasteiger partial charge on any atom is 0.224 e. The zero-order chi connectivity index (χ0) is 15.5. The summed E-state index contributed by atoms with van der Waals surface area (Å²) in [4.78, 5) is 12.4. The minimum absolute atomic E-state index is 0.00328. The van der Waals surface area contributed by atoms with Crippen LogP contribution in [0.3, 0.4) is 0 Å². The summed E-state index contributed by atoms with van der Waals surface area (Å²) in [5.74, 6) is 0.283. The summed E-state index contributed by atoms with van der Waals surface area (Å²) < 4.78 is 1.05. The molecule has 0 heterocycles. The second kappa shape index (κ2) is 6.63. The maximum atomic E-state index is 12.4. The second-order valence-corrected chi connectivity index (χ2v) is 6.48. The molecular formula is C18H18BrNO2. The highest BCUT2D eigenvalue weighted by atomic mass is 79.9. The molecular weight excluding hydrogens is 342 g/mol. The third-order valence-corrected chi connectivity index (χ3v) is 4.86. The number of benzene rings is 2. The zero-order valence-corrected chi connectivity index (χ0v) is 13.7. The van der Waals surface area contributed by atoms with Crippen molar-refractivity contribution in [3.8, 4) is 0 Å². The first kappa shape index (κ1) is 15.3. The maximum absolute atomic E-state index is 12.4. The number of carbonyl (C=O) groups is 1. The standard InChI is InChI=1S/C18H18BrNO2/c19-16-9-5-4-8-13(16)14-10-15(14)18(22)20-17(11-21)12-6-2-1-3-7-12/h1-9,14-15,17,21H,10-11H2,(H,20,22)/t14-,15+,17?/m0/s1. The van der Waals surface area contributed by atoms with Crippen molar-refractivity contribution >= 4 is 21.8 Å². The Labute approximate surface area is 138 Å². The number of halogens is 1. The van der Waals surface area contributed by atoms with Crippen LogP contribution in [0.1, 0.15) is 29.5 Å². The molecule has 1 aliphatic carbocycles. The molecule has 3 rings (SSSR count). The highest BCUT2D eigenvalue weighted by Crippen LogP contribution is 2.49. The van der Waals surface area contributed by atoms with E-state index in [1.165, 1.54) is 5.56 Å². The van der Waals surface area contributed by atoms with Gasteiger partial charge in [-0.05, 0) is 29.5 Å². The Morgan fingerprint density at radius 2 is 1.86 bits per heavy atom. The quantitative estimate of drug-likeness (QED) is 0.859. The lowest BCUT2D eigenvalue weighted by Gasteiger charge is -2.16. The van der Waals surface area contributed by atoms with Crippen molar-refractivity contribution in [2.75, 3.05) is 6.61 Å². The van der Waals surface area contributed by atoms with Crippen LogP contribution in [0.15, 0.2) is 59.1 Å². The lowest BCUT2D eigenvalue weighted by Crippen LogP contribution is -2.32. The van der Waals surface area contributed by atoms with Gasteiger partial charge in [-0.25, -0.2) is 0 Å². The van der Waals surface area contributed by atoms with Crippen LogP contribution in [0, 0.1) is 5.92 Å². The summed E-state index contributed by atoms with van der Waals surface area (Å²) in [6.45, 7) is -0.0951. The fourth-order valence-corrected chi connectivity index (χ4v) is 3.38. The third kappa shape index (κ3) is 3.23. The summed E-state index contributed by atoms with van der Waals surface area (Å²) in [5.41, 5.74) is 2.11. The molecule has 2 N–H and O–H groups in total. The summed E-state index contributed by atoms with van der Waals surface area (Å²) >= 11 is 3.54. The largest absolute Gasteiger partial charge is 0.394 e. The SMILES string of the molecule is O=C(NC(CO)c1ccccc1)[C@@H]1C[C@H]1c1ccccc1Br. The predicted octanol–water partition coefficient (Wildman–Crippen LogP) is 3.40. The number of nitrogens with one attached hydrogen (secondary N) is 1. The molecule has 0 aliphatic heterocycles. The van der Waals surface area contributed by atoms with Gasteiger partial charge < -0.3 is 10.4 Å². The molecule has 1 aliphatic rings. The normalized spacial score (nSPS) is 21.2. The topological polar surface area (TPSA) is 49.3 Å². The van der Waals surface area contributed by atoms with Gasteiger partial charge in [0.1, 0.15) is 0 Å². The van der Waals surface area contributed by atoms with Crippen molar-refractivity contribution in [1.82, 2.24) is 5.32 Å². The van der Waals surface area contributed by atoms with Crippen molar-refractivity contribution < 1.29 is 9.90 Å². The van der Waals surface area contributed by atoms with Gasteiger partial charge in [-0.15, -0.1) is 0 Å². The van der Waals surface area contributed by atoms with E-state index in [1.54, 1.807) is 0 Å². The number of amides is 1. The van der Waals surface area contributed by atoms with E-state index in [0.717, 1.165) is 16.5 Å². The van der Waals surface area contributed by atoms with E-state index in [9.17, 15) is 9.90 Å². The molecule has 0 radical (unpaired) electrons. The molecule has 4 heteroatoms. The molecule has 0 bridgehead atoms. The van der Waals surface area contributed by atoms with Crippen LogP contribution in [0.25, 0.3) is 0 Å². The third-order valence-electron chi connectivity index (χ3n) is 4.13. The van der Waals surface area contributed by atoms with Crippen LogP contribution in [-0.4, -0.2) is 17.6 Å². The van der Waals surface area contributed by atoms with Gasteiger partial charge in [0, 0.05) is 10.4 Å². The molecule has 22 heavy (non-hydrogen) atoms. The summed E-state index contributed by atoms with van der Waals surface area (Å²) in [7, 11) is 0. The van der Waals surface area contributed by atoms with Crippen molar-refractivity contribution in [3.05, 3.63) is 70.2 Å². The van der Waals surface area contributed by atoms with E-state index in [4.69, 9.17) is 0 Å². The number of carbonyl (C=O) groups excluding carboxylic acids is 1. The molecule has 114 valence electrons. The van der Waals surface area contributed by atoms with Gasteiger partial charge in [0.15, 0.2) is 0 Å². The van der Waals surface area contributed by atoms with Gasteiger partial charge in [-0.2, -0.15) is 0 Å². The van der Waals surface area contributed by atoms with Gasteiger partial charge >= 0.3 is 0 Å². The van der Waals surface area contributed by atoms with Crippen LogP contribution >= 0.6 is 15.9 Å². The van der Waals surface area contributed by atoms with Gasteiger partial charge in [0.25, 0.3) is 0 Å². The van der Waals surface area contributed by atoms with Crippen LogP contribution in [0.4, 0.5) is 0 Å². The van der Waals surface area contributed by atoms with Crippen LogP contribution < -0.4 is 5.32 Å². The zero-order valence-electron chi connectivity index (χ0n) is 12.1. The number of aliphatic hydroxyl groups excluding tert-OH is 1. The Kier molecular flexibility index (Phi) is 4.60. The monoisotopic (exact) mass is 359 g/mol. The van der Waals surface area contributed by atoms with Gasteiger partial charge in [0.05, 0.1) is 12.6 Å². The second-order valence-electron chi connectivity index (χ2n) is 5.62. The summed E-state index contributed by atoms with van der Waals surface area (Å²) in [6, 6.07) is 17.3. The fraction of sp³-hybridized carbons (Fsp3) is 0.278. The summed E-state index contributed by atoms with van der Waals surface area (Å²) in [6.07, 6.45) is 0.862. The van der Waals surface area contributed by atoms with Gasteiger partial charge in [-0.1, -0.05) is 64.5 Å². The highest BCUT2D eigenvalue weighted by molar-refractivity contribution is 9.10. The van der Waals surface area contributed by atoms with Gasteiger partial charge in [0.2, 0.25) is 5.91 Å². The Morgan fingerprint density at radius 1 is 1.18 bits per heavy atom. The van der Waals surface area contributed by atoms with Crippen molar-refractivity contribution in [1.29, 1.82) is 0 Å². The highest BCUT2D eigenvalue weighted by Gasteiger charge is 2.45. The minimum Gasteiger partial charge on any atom is -0.394 e. The van der Waals surface area contributed by atoms with Crippen LogP contribution in [0.5, 0.6) is 0 Å². The van der Waals surface area contributed by atoms with Crippen LogP contribution in [-0.2, 0) is 4.79 Å². The fourth-order valence-electron chi connectivity index (χ4n) is 2.80. The molecule has 1 saturated carbocycles. The lowest BCUT2D eigenvalue weighted by atomic mass is 10.1. The molecule has 0 spiro atoms. The van der Waals surface area contributed by atoms with E-state index >= 15 is 0 Å². The lowest BCUT2D eigenvalue weighted by molar-refractivity contribution is -0.123. The first-order chi connectivity index (χ1) is 10.7. The Balaban J connectivity index is 1.65. The molecule has 3 nitrogen and oxygen atoms in total. The molecule has 3 atom stereocenters.